The van der Waals surface area contributed by atoms with E-state index in [0.29, 0.717) is 22.9 Å². The minimum atomic E-state index is -0.644. The van der Waals surface area contributed by atoms with Gasteiger partial charge in [0, 0.05) is 0 Å². The van der Waals surface area contributed by atoms with Gasteiger partial charge in [-0.1, -0.05) is 24.3 Å². The molecule has 1 aliphatic rings. The summed E-state index contributed by atoms with van der Waals surface area (Å²) in [6.07, 6.45) is -0.644. The Morgan fingerprint density at radius 2 is 1.95 bits per heavy atom. The van der Waals surface area contributed by atoms with Crippen LogP contribution >= 0.6 is 0 Å². The molecular weight excluding hydrogens is 272 g/mol. The van der Waals surface area contributed by atoms with Crippen molar-refractivity contribution in [1.29, 1.82) is 0 Å². The molecule has 0 aromatic heterocycles. The van der Waals surface area contributed by atoms with Crippen LogP contribution in [0.2, 0.25) is 0 Å². The molecule has 6 heteroatoms. The summed E-state index contributed by atoms with van der Waals surface area (Å²) in [5.41, 5.74) is 0.847. The van der Waals surface area contributed by atoms with E-state index in [0.717, 1.165) is 0 Å². The van der Waals surface area contributed by atoms with Crippen LogP contribution in [0.1, 0.15) is 0 Å². The van der Waals surface area contributed by atoms with E-state index in [2.05, 4.69) is 10.6 Å². The zero-order valence-corrected chi connectivity index (χ0v) is 11.0. The normalized spacial score (nSPS) is 12.7. The number of amides is 2. The van der Waals surface area contributed by atoms with Gasteiger partial charge in [-0.05, 0) is 24.3 Å². The third kappa shape index (κ3) is 2.94. The lowest BCUT2D eigenvalue weighted by Crippen LogP contribution is -2.27. The zero-order valence-electron chi connectivity index (χ0n) is 11.0. The van der Waals surface area contributed by atoms with Crippen molar-refractivity contribution in [2.45, 2.75) is 0 Å². The summed E-state index contributed by atoms with van der Waals surface area (Å²) in [6, 6.07) is 13.8. The highest BCUT2D eigenvalue weighted by atomic mass is 16.6. The van der Waals surface area contributed by atoms with E-state index in [4.69, 9.17) is 9.47 Å². The van der Waals surface area contributed by atoms with Gasteiger partial charge in [-0.3, -0.25) is 10.1 Å². The molecule has 0 fully saturated rings. The average molecular weight is 284 g/mol. The summed E-state index contributed by atoms with van der Waals surface area (Å²) in [5.74, 6) is 0.667. The first-order valence-corrected chi connectivity index (χ1v) is 6.32. The first-order valence-electron chi connectivity index (χ1n) is 6.32. The van der Waals surface area contributed by atoms with Crippen LogP contribution < -0.4 is 20.1 Å². The number of nitrogens with one attached hydrogen (secondary N) is 2. The number of fused-ring (bicyclic) bond motifs is 1. The van der Waals surface area contributed by atoms with Crippen molar-refractivity contribution in [2.24, 2.45) is 0 Å². The molecule has 1 aliphatic heterocycles. The van der Waals surface area contributed by atoms with Crippen molar-refractivity contribution >= 4 is 23.4 Å². The number of rotatable bonds is 2. The second-order valence-corrected chi connectivity index (χ2v) is 4.34. The van der Waals surface area contributed by atoms with E-state index in [1.165, 1.54) is 0 Å². The van der Waals surface area contributed by atoms with Crippen LogP contribution in [0.25, 0.3) is 0 Å². The molecule has 0 saturated carbocycles. The summed E-state index contributed by atoms with van der Waals surface area (Å²) in [7, 11) is 0. The smallest absolute Gasteiger partial charge is 0.417 e. The number of benzene rings is 2. The fraction of sp³-hybridized carbons (Fsp3) is 0.0667. The Kier molecular flexibility index (Phi) is 3.42. The molecule has 0 unspecified atom stereocenters. The highest BCUT2D eigenvalue weighted by Crippen LogP contribution is 2.34. The second kappa shape index (κ2) is 5.54. The minimum Gasteiger partial charge on any atom is -0.481 e. The third-order valence-electron chi connectivity index (χ3n) is 2.84. The lowest BCUT2D eigenvalue weighted by atomic mass is 10.2. The van der Waals surface area contributed by atoms with Gasteiger partial charge >= 0.3 is 6.09 Å². The Hall–Kier alpha value is -3.02. The van der Waals surface area contributed by atoms with Crippen LogP contribution in [0.4, 0.5) is 16.2 Å². The molecule has 0 saturated heterocycles. The fourth-order valence-electron chi connectivity index (χ4n) is 1.93. The summed E-state index contributed by atoms with van der Waals surface area (Å²) < 4.78 is 10.4. The van der Waals surface area contributed by atoms with Crippen molar-refractivity contribution in [1.82, 2.24) is 0 Å². The van der Waals surface area contributed by atoms with Gasteiger partial charge in [-0.25, -0.2) is 4.79 Å². The lowest BCUT2D eigenvalue weighted by Gasteiger charge is -2.20. The number of carbonyl (C=O) groups is 2. The Bertz CT molecular complexity index is 685. The monoisotopic (exact) mass is 284 g/mol. The molecule has 2 N–H and O–H groups in total. The standard InChI is InChI=1S/C15H12N2O4/c18-13-9-20-12-8-4-7-11(14(12)17-13)16-15(19)21-10-5-2-1-3-6-10/h1-8H,9H2,(H,16,19)(H,17,18). The number of carbonyl (C=O) groups excluding carboxylic acids is 2. The molecule has 0 spiro atoms. The molecule has 21 heavy (non-hydrogen) atoms. The largest absolute Gasteiger partial charge is 0.481 e. The first kappa shape index (κ1) is 13.0. The van der Waals surface area contributed by atoms with E-state index in [1.54, 1.807) is 42.5 Å². The van der Waals surface area contributed by atoms with E-state index >= 15 is 0 Å². The number of hydrogen-bond donors (Lipinski definition) is 2. The SMILES string of the molecule is O=C1COc2cccc(NC(=O)Oc3ccccc3)c2N1. The molecule has 0 atom stereocenters. The van der Waals surface area contributed by atoms with E-state index in [1.807, 2.05) is 6.07 Å². The maximum Gasteiger partial charge on any atom is 0.417 e. The van der Waals surface area contributed by atoms with Crippen molar-refractivity contribution in [3.05, 3.63) is 48.5 Å². The van der Waals surface area contributed by atoms with Gasteiger partial charge < -0.3 is 14.8 Å². The van der Waals surface area contributed by atoms with Crippen LogP contribution in [0.15, 0.2) is 48.5 Å². The fourth-order valence-corrected chi connectivity index (χ4v) is 1.93. The molecule has 2 aromatic rings. The number of anilines is 2. The molecule has 0 bridgehead atoms. The summed E-state index contributed by atoms with van der Waals surface area (Å²) in [5, 5.41) is 5.25. The first-order chi connectivity index (χ1) is 10.2. The molecule has 3 rings (SSSR count). The summed E-state index contributed by atoms with van der Waals surface area (Å²) in [6.45, 7) is -0.0368. The average Bonchev–Trinajstić information content (AvgIpc) is 2.49. The Morgan fingerprint density at radius 3 is 2.76 bits per heavy atom. The van der Waals surface area contributed by atoms with Gasteiger partial charge in [0.2, 0.25) is 0 Å². The van der Waals surface area contributed by atoms with Crippen LogP contribution in [0.3, 0.4) is 0 Å². The van der Waals surface area contributed by atoms with Crippen LogP contribution in [-0.2, 0) is 4.79 Å². The number of ether oxygens (including phenoxy) is 2. The maximum atomic E-state index is 11.9. The van der Waals surface area contributed by atoms with Crippen molar-refractivity contribution < 1.29 is 19.1 Å². The lowest BCUT2D eigenvalue weighted by molar-refractivity contribution is -0.118. The molecule has 6 nitrogen and oxygen atoms in total. The molecule has 0 aliphatic carbocycles. The Labute approximate surface area is 120 Å². The van der Waals surface area contributed by atoms with Crippen LogP contribution in [-0.4, -0.2) is 18.6 Å². The van der Waals surface area contributed by atoms with Crippen molar-refractivity contribution in [2.75, 3.05) is 17.2 Å². The van der Waals surface area contributed by atoms with E-state index in [9.17, 15) is 9.59 Å². The molecule has 2 amide bonds. The Balaban J connectivity index is 1.76. The zero-order chi connectivity index (χ0) is 14.7. The van der Waals surface area contributed by atoms with E-state index in [-0.39, 0.29) is 12.5 Å². The van der Waals surface area contributed by atoms with Gasteiger partial charge in [0.15, 0.2) is 6.61 Å². The van der Waals surface area contributed by atoms with Crippen LogP contribution in [0, 0.1) is 0 Å². The van der Waals surface area contributed by atoms with Gasteiger partial charge in [-0.2, -0.15) is 0 Å². The van der Waals surface area contributed by atoms with Gasteiger partial charge in [0.25, 0.3) is 5.91 Å². The van der Waals surface area contributed by atoms with Gasteiger partial charge in [0.1, 0.15) is 17.2 Å². The van der Waals surface area contributed by atoms with Crippen LogP contribution in [0.5, 0.6) is 11.5 Å². The topological polar surface area (TPSA) is 76.7 Å². The molecule has 0 radical (unpaired) electrons. The van der Waals surface area contributed by atoms with Gasteiger partial charge in [0.05, 0.1) is 5.69 Å². The predicted octanol–water partition coefficient (Wildman–Crippen LogP) is 2.63. The molecule has 2 aromatic carbocycles. The third-order valence-corrected chi connectivity index (χ3v) is 2.84. The minimum absolute atomic E-state index is 0.0368. The quantitative estimate of drug-likeness (QED) is 0.888. The van der Waals surface area contributed by atoms with Gasteiger partial charge in [-0.15, -0.1) is 0 Å². The maximum absolute atomic E-state index is 11.9. The highest BCUT2D eigenvalue weighted by molar-refractivity contribution is 6.02. The van der Waals surface area contributed by atoms with Crippen molar-refractivity contribution in [3.8, 4) is 11.5 Å². The number of hydrogen-bond acceptors (Lipinski definition) is 4. The second-order valence-electron chi connectivity index (χ2n) is 4.34. The number of para-hydroxylation sites is 2. The van der Waals surface area contributed by atoms with Crippen molar-refractivity contribution in [3.63, 3.8) is 0 Å². The summed E-state index contributed by atoms with van der Waals surface area (Å²) in [4.78, 5) is 23.2. The molecule has 106 valence electrons. The van der Waals surface area contributed by atoms with E-state index < -0.39 is 6.09 Å². The molecular formula is C15H12N2O4. The summed E-state index contributed by atoms with van der Waals surface area (Å²) >= 11 is 0. The highest BCUT2D eigenvalue weighted by Gasteiger charge is 2.20. The molecule has 1 heterocycles. The Morgan fingerprint density at radius 1 is 1.14 bits per heavy atom. The predicted molar refractivity (Wildman–Crippen MR) is 76.7 cm³/mol.